The average molecular weight is 356 g/mol. The molecule has 1 unspecified atom stereocenters. The predicted octanol–water partition coefficient (Wildman–Crippen LogP) is 2.62. The molecule has 0 aromatic carbocycles. The minimum Gasteiger partial charge on any atom is -0.469 e. The van der Waals surface area contributed by atoms with Gasteiger partial charge in [0.05, 0.1) is 20.6 Å². The van der Waals surface area contributed by atoms with Gasteiger partial charge in [0.1, 0.15) is 4.32 Å². The number of rotatable bonds is 4. The van der Waals surface area contributed by atoms with E-state index >= 15 is 0 Å². The van der Waals surface area contributed by atoms with Gasteiger partial charge in [0.15, 0.2) is 3.79 Å². The first-order chi connectivity index (χ1) is 7.14. The molecule has 0 aromatic heterocycles. The smallest absolute Gasteiger partial charge is 0.323 e. The van der Waals surface area contributed by atoms with Gasteiger partial charge in [-0.25, -0.2) is 0 Å². The normalized spacial score (nSPS) is 15.1. The first-order valence-electron chi connectivity index (χ1n) is 4.05. The van der Waals surface area contributed by atoms with Crippen LogP contribution in [0.3, 0.4) is 0 Å². The molecule has 0 bridgehead atoms. The Bertz CT molecular complexity index is 279. The quantitative estimate of drug-likeness (QED) is 0.574. The first kappa shape index (κ1) is 16.3. The van der Waals surface area contributed by atoms with E-state index < -0.39 is 20.1 Å². The summed E-state index contributed by atoms with van der Waals surface area (Å²) in [4.78, 5) is 22.7. The van der Waals surface area contributed by atoms with Crippen molar-refractivity contribution in [3.63, 3.8) is 0 Å². The van der Waals surface area contributed by atoms with Crippen LogP contribution in [0.2, 0.25) is 0 Å². The molecular formula is C8H10BrCl3O4. The van der Waals surface area contributed by atoms with Crippen molar-refractivity contribution in [2.24, 2.45) is 0 Å². The Morgan fingerprint density at radius 2 is 1.69 bits per heavy atom. The van der Waals surface area contributed by atoms with Crippen LogP contribution in [0.5, 0.6) is 0 Å². The maximum absolute atomic E-state index is 11.5. The molecule has 0 saturated heterocycles. The molecule has 94 valence electrons. The van der Waals surface area contributed by atoms with Gasteiger partial charge < -0.3 is 9.47 Å². The third-order valence-electron chi connectivity index (χ3n) is 1.68. The lowest BCUT2D eigenvalue weighted by Crippen LogP contribution is -2.39. The molecule has 8 heteroatoms. The molecule has 0 saturated carbocycles. The van der Waals surface area contributed by atoms with Crippen LogP contribution >= 0.6 is 50.7 Å². The summed E-state index contributed by atoms with van der Waals surface area (Å²) in [6.45, 7) is 0. The zero-order chi connectivity index (χ0) is 13.0. The van der Waals surface area contributed by atoms with Gasteiger partial charge in [-0.05, 0) is 0 Å². The molecule has 0 amide bonds. The standard InChI is InChI=1S/C8H10BrCl3O4/c1-15-5(13)3-7(9,6(14)16-2)4-8(10,11)12/h3-4H2,1-2H3. The second-order valence-corrected chi connectivity index (χ2v) is 7.04. The van der Waals surface area contributed by atoms with Gasteiger partial charge in [0.2, 0.25) is 0 Å². The van der Waals surface area contributed by atoms with Crippen molar-refractivity contribution in [1.82, 2.24) is 0 Å². The lowest BCUT2D eigenvalue weighted by atomic mass is 10.0. The molecule has 0 fully saturated rings. The highest BCUT2D eigenvalue weighted by Gasteiger charge is 2.45. The number of esters is 2. The molecule has 0 N–H and O–H groups in total. The SMILES string of the molecule is COC(=O)CC(Br)(CC(Cl)(Cl)Cl)C(=O)OC. The van der Waals surface area contributed by atoms with Gasteiger partial charge in [0, 0.05) is 6.42 Å². The molecule has 0 aliphatic heterocycles. The number of methoxy groups -OCH3 is 2. The zero-order valence-electron chi connectivity index (χ0n) is 8.56. The molecule has 0 rings (SSSR count). The van der Waals surface area contributed by atoms with Gasteiger partial charge in [-0.3, -0.25) is 9.59 Å². The lowest BCUT2D eigenvalue weighted by Gasteiger charge is -2.26. The van der Waals surface area contributed by atoms with Crippen molar-refractivity contribution in [1.29, 1.82) is 0 Å². The van der Waals surface area contributed by atoms with Crippen LogP contribution in [0.1, 0.15) is 12.8 Å². The number of carbonyl (C=O) groups excluding carboxylic acids is 2. The van der Waals surface area contributed by atoms with Crippen molar-refractivity contribution in [3.8, 4) is 0 Å². The zero-order valence-corrected chi connectivity index (χ0v) is 12.4. The van der Waals surface area contributed by atoms with E-state index in [-0.39, 0.29) is 12.8 Å². The largest absolute Gasteiger partial charge is 0.469 e. The number of hydrogen-bond acceptors (Lipinski definition) is 4. The molecule has 0 aromatic rings. The molecule has 0 aliphatic carbocycles. The summed E-state index contributed by atoms with van der Waals surface area (Å²) in [6.07, 6.45) is -0.503. The maximum atomic E-state index is 11.5. The molecule has 0 spiro atoms. The first-order valence-corrected chi connectivity index (χ1v) is 5.98. The summed E-state index contributed by atoms with van der Waals surface area (Å²) in [6, 6.07) is 0. The van der Waals surface area contributed by atoms with Crippen LogP contribution < -0.4 is 0 Å². The van der Waals surface area contributed by atoms with Crippen molar-refractivity contribution in [2.75, 3.05) is 14.2 Å². The van der Waals surface area contributed by atoms with E-state index in [1.807, 2.05) is 0 Å². The van der Waals surface area contributed by atoms with E-state index in [0.29, 0.717) is 0 Å². The van der Waals surface area contributed by atoms with Gasteiger partial charge in [-0.1, -0.05) is 50.7 Å². The molecule has 16 heavy (non-hydrogen) atoms. The Labute approximate surface area is 117 Å². The van der Waals surface area contributed by atoms with E-state index in [1.54, 1.807) is 0 Å². The summed E-state index contributed by atoms with van der Waals surface area (Å²) in [7, 11) is 2.37. The van der Waals surface area contributed by atoms with E-state index in [1.165, 1.54) is 14.2 Å². The topological polar surface area (TPSA) is 52.6 Å². The van der Waals surface area contributed by atoms with Crippen LogP contribution in [-0.4, -0.2) is 34.3 Å². The highest BCUT2D eigenvalue weighted by molar-refractivity contribution is 9.10. The monoisotopic (exact) mass is 354 g/mol. The van der Waals surface area contributed by atoms with Crippen LogP contribution in [0, 0.1) is 0 Å². The number of alkyl halides is 4. The molecule has 4 nitrogen and oxygen atoms in total. The van der Waals surface area contributed by atoms with Crippen molar-refractivity contribution < 1.29 is 19.1 Å². The van der Waals surface area contributed by atoms with Gasteiger partial charge in [-0.15, -0.1) is 0 Å². The minimum absolute atomic E-state index is 0.216. The highest BCUT2D eigenvalue weighted by atomic mass is 79.9. The highest BCUT2D eigenvalue weighted by Crippen LogP contribution is 2.41. The third kappa shape index (κ3) is 5.57. The molecular weight excluding hydrogens is 346 g/mol. The predicted molar refractivity (Wildman–Crippen MR) is 65.2 cm³/mol. The average Bonchev–Trinajstić information content (AvgIpc) is 2.13. The van der Waals surface area contributed by atoms with Gasteiger partial charge >= 0.3 is 11.9 Å². The fourth-order valence-electron chi connectivity index (χ4n) is 1.01. The van der Waals surface area contributed by atoms with E-state index in [4.69, 9.17) is 34.8 Å². The fourth-order valence-corrected chi connectivity index (χ4v) is 2.99. The Kier molecular flexibility index (Phi) is 6.40. The summed E-state index contributed by atoms with van der Waals surface area (Å²) in [5, 5.41) is 0. The molecule has 0 heterocycles. The number of ether oxygens (including phenoxy) is 2. The lowest BCUT2D eigenvalue weighted by molar-refractivity contribution is -0.150. The van der Waals surface area contributed by atoms with E-state index in [2.05, 4.69) is 25.4 Å². The Balaban J connectivity index is 4.89. The molecule has 1 atom stereocenters. The van der Waals surface area contributed by atoms with Crippen molar-refractivity contribution in [3.05, 3.63) is 0 Å². The van der Waals surface area contributed by atoms with Gasteiger partial charge in [0.25, 0.3) is 0 Å². The molecule has 0 aliphatic rings. The second-order valence-electron chi connectivity index (χ2n) is 3.00. The minimum atomic E-state index is -1.69. The van der Waals surface area contributed by atoms with Crippen LogP contribution in [0.4, 0.5) is 0 Å². The number of halogens is 4. The van der Waals surface area contributed by atoms with E-state index in [9.17, 15) is 9.59 Å². The fraction of sp³-hybridized carbons (Fsp3) is 0.750. The van der Waals surface area contributed by atoms with Crippen LogP contribution in [0.15, 0.2) is 0 Å². The third-order valence-corrected chi connectivity index (χ3v) is 2.97. The van der Waals surface area contributed by atoms with Gasteiger partial charge in [-0.2, -0.15) is 0 Å². The van der Waals surface area contributed by atoms with Crippen molar-refractivity contribution >= 4 is 62.7 Å². The number of hydrogen-bond donors (Lipinski definition) is 0. The molecule has 0 radical (unpaired) electrons. The summed E-state index contributed by atoms with van der Waals surface area (Å²) in [5.41, 5.74) is 0. The summed E-state index contributed by atoms with van der Waals surface area (Å²) >= 11 is 19.8. The second kappa shape index (κ2) is 6.28. The Hall–Kier alpha value is 0.290. The summed E-state index contributed by atoms with van der Waals surface area (Å²) < 4.78 is 5.89. The van der Waals surface area contributed by atoms with Crippen LogP contribution in [0.25, 0.3) is 0 Å². The maximum Gasteiger partial charge on any atom is 0.323 e. The number of carbonyl (C=O) groups is 2. The van der Waals surface area contributed by atoms with Crippen molar-refractivity contribution in [2.45, 2.75) is 21.0 Å². The Morgan fingerprint density at radius 1 is 1.19 bits per heavy atom. The van der Waals surface area contributed by atoms with Crippen LogP contribution in [-0.2, 0) is 19.1 Å². The van der Waals surface area contributed by atoms with E-state index in [0.717, 1.165) is 0 Å². The Morgan fingerprint density at radius 3 is 2.00 bits per heavy atom. The summed E-state index contributed by atoms with van der Waals surface area (Å²) in [5.74, 6) is -1.32.